The summed E-state index contributed by atoms with van der Waals surface area (Å²) in [7, 11) is 0. The van der Waals surface area contributed by atoms with E-state index in [-0.39, 0.29) is 12.0 Å². The lowest BCUT2D eigenvalue weighted by molar-refractivity contribution is -0.161. The Morgan fingerprint density at radius 2 is 2.11 bits per heavy atom. The lowest BCUT2D eigenvalue weighted by Gasteiger charge is -2.48. The smallest absolute Gasteiger partial charge is 0.328 e. The molecule has 12 heteroatoms. The Morgan fingerprint density at radius 3 is 2.61 bits per heavy atom. The Hall–Kier alpha value is -2.99. The van der Waals surface area contributed by atoms with Gasteiger partial charge in [0.2, 0.25) is 5.91 Å². The summed E-state index contributed by atoms with van der Waals surface area (Å²) in [5.41, 5.74) is 1.63. The molecule has 2 rings (SSSR count). The maximum Gasteiger partial charge on any atom is 0.328 e. The number of carbonyl (C=O) groups excluding carboxylic acids is 2. The zero-order valence-corrected chi connectivity index (χ0v) is 15.7. The number of para-hydroxylation sites is 1. The molecule has 1 saturated heterocycles. The Balaban J connectivity index is 2.28. The molecule has 0 bridgehead atoms. The van der Waals surface area contributed by atoms with Gasteiger partial charge in [0.25, 0.3) is 5.91 Å². The first kappa shape index (κ1) is 21.3. The average Bonchev–Trinajstić information content (AvgIpc) is 2.61. The monoisotopic (exact) mass is 412 g/mol. The summed E-state index contributed by atoms with van der Waals surface area (Å²) in [4.78, 5) is 36.5. The molecule has 0 radical (unpaired) electrons. The molecule has 1 fully saturated rings. The zero-order chi connectivity index (χ0) is 21.2. The number of benzene rings is 1. The highest BCUT2D eigenvalue weighted by Crippen LogP contribution is 2.31. The lowest BCUT2D eigenvalue weighted by Crippen LogP contribution is -2.67. The second-order valence-corrected chi connectivity index (χ2v) is 7.73. The van der Waals surface area contributed by atoms with Gasteiger partial charge in [0.05, 0.1) is 10.3 Å². The van der Waals surface area contributed by atoms with Crippen molar-refractivity contribution in [2.75, 3.05) is 0 Å². The van der Waals surface area contributed by atoms with Crippen LogP contribution in [-0.2, 0) is 20.7 Å². The third-order valence-corrected chi connectivity index (χ3v) is 5.44. The molecule has 1 heterocycles. The van der Waals surface area contributed by atoms with E-state index in [4.69, 9.17) is 0 Å². The highest BCUT2D eigenvalue weighted by molar-refractivity contribution is 7.81. The highest BCUT2D eigenvalue weighted by atomic mass is 32.2. The van der Waals surface area contributed by atoms with E-state index in [9.17, 15) is 38.5 Å². The Bertz CT molecular complexity index is 873. The predicted octanol–water partition coefficient (Wildman–Crippen LogP) is -0.475. The van der Waals surface area contributed by atoms with Gasteiger partial charge in [-0.05, 0) is 37.1 Å². The number of carbonyl (C=O) groups is 3. The van der Waals surface area contributed by atoms with Crippen molar-refractivity contribution in [3.8, 4) is 11.5 Å². The molecule has 0 saturated carbocycles. The minimum atomic E-state index is -3.02. The van der Waals surface area contributed by atoms with Crippen LogP contribution in [0.25, 0.3) is 0 Å². The molecule has 1 aromatic carbocycles. The summed E-state index contributed by atoms with van der Waals surface area (Å²) in [6.45, 7) is 2.63. The van der Waals surface area contributed by atoms with Crippen LogP contribution in [-0.4, -0.2) is 69.8 Å². The van der Waals surface area contributed by atoms with E-state index in [2.05, 4.69) is 5.10 Å². The van der Waals surface area contributed by atoms with Gasteiger partial charge in [-0.25, -0.2) is 10.2 Å². The van der Waals surface area contributed by atoms with Gasteiger partial charge in [0, 0.05) is 18.7 Å². The van der Waals surface area contributed by atoms with Crippen LogP contribution in [0.4, 0.5) is 0 Å². The van der Waals surface area contributed by atoms with Gasteiger partial charge in [-0.2, -0.15) is 5.10 Å². The summed E-state index contributed by atoms with van der Waals surface area (Å²) in [5.74, 6) is -4.27. The van der Waals surface area contributed by atoms with Crippen LogP contribution in [0.5, 0.6) is 11.5 Å². The van der Waals surface area contributed by atoms with Crippen molar-refractivity contribution in [3.63, 3.8) is 0 Å². The fourth-order valence-electron chi connectivity index (χ4n) is 2.83. The topological polar surface area (TPSA) is 180 Å². The summed E-state index contributed by atoms with van der Waals surface area (Å²) in [6.07, 6.45) is 0.793. The van der Waals surface area contributed by atoms with Gasteiger partial charge >= 0.3 is 5.97 Å². The fraction of sp³-hybridized carbons (Fsp3) is 0.375. The number of amides is 2. The van der Waals surface area contributed by atoms with Gasteiger partial charge in [0.15, 0.2) is 17.5 Å². The number of phenols is 2. The number of β-lactam (4-membered cyclic amide) rings is 1. The Morgan fingerprint density at radius 1 is 1.46 bits per heavy atom. The van der Waals surface area contributed by atoms with E-state index < -0.39 is 57.2 Å². The predicted molar refractivity (Wildman–Crippen MR) is 95.4 cm³/mol. The van der Waals surface area contributed by atoms with Crippen LogP contribution in [0.3, 0.4) is 0 Å². The normalized spacial score (nSPS) is 20.9. The van der Waals surface area contributed by atoms with E-state index in [1.54, 1.807) is 6.92 Å². The van der Waals surface area contributed by atoms with Crippen LogP contribution in [0.2, 0.25) is 0 Å². The molecule has 4 atom stereocenters. The first-order chi connectivity index (χ1) is 13.0. The van der Waals surface area contributed by atoms with Gasteiger partial charge < -0.3 is 24.8 Å². The van der Waals surface area contributed by atoms with Crippen LogP contribution in [0.1, 0.15) is 30.6 Å². The van der Waals surface area contributed by atoms with Gasteiger partial charge in [0.1, 0.15) is 0 Å². The first-order valence-electron chi connectivity index (χ1n) is 7.99. The summed E-state index contributed by atoms with van der Waals surface area (Å²) in [6, 6.07) is 1.41. The standard InChI is InChI=1S/C16H19N3O8S/c1-8-6-11(21)19(8)13(15(24)25)16(2,28(26)27)7-17-18-14(23)9-4-3-5-10(20)12(9)22/h3-5,7-8,13,20,22H,6H2,1-2H3,(H,18,23)(H,24,25)(H,26,27)/p-1/b17-7+/t8-,13+,16+/m1/s1. The van der Waals surface area contributed by atoms with Gasteiger partial charge in [-0.1, -0.05) is 6.07 Å². The molecule has 1 aromatic rings. The quantitative estimate of drug-likeness (QED) is 0.152. The third-order valence-electron chi connectivity index (χ3n) is 4.39. The zero-order valence-electron chi connectivity index (χ0n) is 14.9. The molecule has 1 unspecified atom stereocenters. The third kappa shape index (κ3) is 3.82. The first-order valence-corrected chi connectivity index (χ1v) is 9.07. The van der Waals surface area contributed by atoms with Crippen molar-refractivity contribution in [1.82, 2.24) is 10.3 Å². The Kier molecular flexibility index (Phi) is 6.04. The second kappa shape index (κ2) is 7.94. The summed E-state index contributed by atoms with van der Waals surface area (Å²) < 4.78 is 21.4. The minimum absolute atomic E-state index is 0.0933. The van der Waals surface area contributed by atoms with Crippen molar-refractivity contribution in [2.24, 2.45) is 5.10 Å². The molecule has 0 spiro atoms. The van der Waals surface area contributed by atoms with Gasteiger partial charge in [-0.3, -0.25) is 13.8 Å². The van der Waals surface area contributed by atoms with E-state index in [0.717, 1.165) is 17.9 Å². The fourth-order valence-corrected chi connectivity index (χ4v) is 3.36. The number of hydrogen-bond donors (Lipinski definition) is 4. The van der Waals surface area contributed by atoms with Crippen molar-refractivity contribution in [2.45, 2.75) is 37.1 Å². The lowest BCUT2D eigenvalue weighted by atomic mass is 9.92. The van der Waals surface area contributed by atoms with Crippen LogP contribution in [0.15, 0.2) is 23.3 Å². The number of hydrazone groups is 1. The number of aromatic hydroxyl groups is 2. The largest absolute Gasteiger partial charge is 0.772 e. The molecule has 4 N–H and O–H groups in total. The van der Waals surface area contributed by atoms with E-state index >= 15 is 0 Å². The van der Waals surface area contributed by atoms with Crippen molar-refractivity contribution >= 4 is 35.1 Å². The number of aliphatic carboxylic acids is 1. The number of nitrogens with one attached hydrogen (secondary N) is 1. The van der Waals surface area contributed by atoms with E-state index in [1.165, 1.54) is 12.1 Å². The maximum atomic E-state index is 12.1. The molecule has 28 heavy (non-hydrogen) atoms. The van der Waals surface area contributed by atoms with Crippen molar-refractivity contribution < 1.29 is 38.5 Å². The number of likely N-dealkylation sites (tertiary alicyclic amines) is 1. The summed E-state index contributed by atoms with van der Waals surface area (Å²) >= 11 is -3.02. The SMILES string of the molecule is C[C@@H]1CC(=O)N1[C@@H](C(=O)O)[C@](C)(/C=N/NC(=O)c1cccc(O)c1O)S(=O)[O-]. The second-order valence-electron chi connectivity index (χ2n) is 6.39. The number of rotatable bonds is 7. The van der Waals surface area contributed by atoms with Crippen LogP contribution in [0, 0.1) is 0 Å². The molecule has 152 valence electrons. The van der Waals surface area contributed by atoms with Crippen LogP contribution < -0.4 is 5.43 Å². The van der Waals surface area contributed by atoms with E-state index in [0.29, 0.717) is 6.21 Å². The summed E-state index contributed by atoms with van der Waals surface area (Å²) in [5, 5.41) is 32.1. The molecule has 0 aliphatic carbocycles. The van der Waals surface area contributed by atoms with Crippen LogP contribution >= 0.6 is 0 Å². The molecular weight excluding hydrogens is 394 g/mol. The molecular formula is C16H18N3O8S-. The Labute approximate surface area is 161 Å². The van der Waals surface area contributed by atoms with E-state index in [1.807, 2.05) is 5.43 Å². The molecule has 1 aliphatic rings. The number of phenolic OH excluding ortho intramolecular Hbond substituents is 2. The molecule has 11 nitrogen and oxygen atoms in total. The maximum absolute atomic E-state index is 12.1. The number of nitrogens with zero attached hydrogens (tertiary/aromatic N) is 2. The van der Waals surface area contributed by atoms with Crippen molar-refractivity contribution in [3.05, 3.63) is 23.8 Å². The highest BCUT2D eigenvalue weighted by Gasteiger charge is 2.51. The molecule has 2 amide bonds. The number of carboxylic acids is 1. The molecule has 1 aliphatic heterocycles. The van der Waals surface area contributed by atoms with Gasteiger partial charge in [-0.15, -0.1) is 0 Å². The molecule has 0 aromatic heterocycles. The number of carboxylic acid groups (broad SMARTS) is 1. The van der Waals surface area contributed by atoms with Crippen molar-refractivity contribution in [1.29, 1.82) is 0 Å². The number of hydrogen-bond acceptors (Lipinski definition) is 8. The minimum Gasteiger partial charge on any atom is -0.772 e. The average molecular weight is 412 g/mol.